The third-order valence-corrected chi connectivity index (χ3v) is 4.57. The van der Waals surface area contributed by atoms with Crippen molar-refractivity contribution in [3.8, 4) is 0 Å². The Morgan fingerprint density at radius 2 is 2.05 bits per heavy atom. The van der Waals surface area contributed by atoms with E-state index < -0.39 is 0 Å². The Hall–Kier alpha value is -0.00610. The van der Waals surface area contributed by atoms with E-state index in [1.165, 1.54) is 17.5 Å². The van der Waals surface area contributed by atoms with E-state index in [4.69, 9.17) is 0 Å². The molecule has 2 heteroatoms. The summed E-state index contributed by atoms with van der Waals surface area (Å²) in [4.78, 5) is 12.3. The quantitative estimate of drug-likeness (QED) is 0.753. The molecular weight excluding hydrogens is 309 g/mol. The van der Waals surface area contributed by atoms with Crippen molar-refractivity contribution in [1.82, 2.24) is 0 Å². The molecule has 0 bridgehead atoms. The van der Waals surface area contributed by atoms with E-state index in [1.807, 2.05) is 0 Å². The summed E-state index contributed by atoms with van der Waals surface area (Å²) in [6, 6.07) is 8.51. The molecule has 1 fully saturated rings. The predicted octanol–water partition coefficient (Wildman–Crippen LogP) is 3.88. The van der Waals surface area contributed by atoms with Gasteiger partial charge in [-0.1, -0.05) is 30.7 Å². The first kappa shape index (κ1) is 15.4. The molecule has 1 radical (unpaired) electrons. The first-order chi connectivity index (χ1) is 8.79. The third kappa shape index (κ3) is 3.03. The first-order valence-electron chi connectivity index (χ1n) is 7.03. The number of hydrogen-bond donors (Lipinski definition) is 0. The van der Waals surface area contributed by atoms with E-state index in [9.17, 15) is 4.79 Å². The van der Waals surface area contributed by atoms with E-state index in [1.54, 1.807) is 5.92 Å². The molecule has 2 unspecified atom stereocenters. The van der Waals surface area contributed by atoms with Crippen molar-refractivity contribution in [2.24, 2.45) is 5.92 Å². The normalized spacial score (nSPS) is 26.3. The predicted molar refractivity (Wildman–Crippen MR) is 73.1 cm³/mol. The largest absolute Gasteiger partial charge is 0.346 e. The molecule has 0 N–H and O–H groups in total. The van der Waals surface area contributed by atoms with Crippen LogP contribution < -0.4 is 0 Å². The van der Waals surface area contributed by atoms with Crippen LogP contribution in [0.3, 0.4) is 0 Å². The molecule has 2 aliphatic carbocycles. The Labute approximate surface area is 141 Å². The third-order valence-electron chi connectivity index (χ3n) is 4.57. The summed E-state index contributed by atoms with van der Waals surface area (Å²) in [6.07, 6.45) is 6.10. The molecule has 0 saturated heterocycles. The van der Waals surface area contributed by atoms with Crippen molar-refractivity contribution in [3.05, 3.63) is 48.2 Å². The van der Waals surface area contributed by atoms with Crippen LogP contribution in [0.4, 0.5) is 0 Å². The van der Waals surface area contributed by atoms with E-state index >= 15 is 0 Å². The van der Waals surface area contributed by atoms with Crippen LogP contribution in [-0.2, 0) is 43.9 Å². The van der Waals surface area contributed by atoms with Crippen molar-refractivity contribution in [2.75, 3.05) is 0 Å². The molecule has 2 atom stereocenters. The van der Waals surface area contributed by atoms with Crippen LogP contribution in [0.2, 0.25) is 0 Å². The Balaban J connectivity index is 0.00000133. The summed E-state index contributed by atoms with van der Waals surface area (Å²) in [6.45, 7) is 3.93. The van der Waals surface area contributed by atoms with Crippen LogP contribution in [-0.4, -0.2) is 5.78 Å². The molecule has 1 nitrogen and oxygen atoms in total. The van der Waals surface area contributed by atoms with E-state index in [-0.39, 0.29) is 38.6 Å². The van der Waals surface area contributed by atoms with Gasteiger partial charge < -0.3 is 12.8 Å². The molecule has 99 valence electrons. The molecule has 2 aliphatic rings. The van der Waals surface area contributed by atoms with Crippen LogP contribution in [0.25, 0.3) is 0 Å². The minimum absolute atomic E-state index is 0. The molecule has 0 spiro atoms. The zero-order chi connectivity index (χ0) is 12.5. The average Bonchev–Trinajstić information content (AvgIpc) is 2.40. The number of Topliss-reactive ketones (excluding diaryl/α,β-unsaturated/α-hetero) is 1. The SMILES string of the molecule is [CH2-]CC[C-]1CCC2c3ccccc3CC(=O)C2C1.[Y]. The van der Waals surface area contributed by atoms with Gasteiger partial charge >= 0.3 is 0 Å². The second-order valence-electron chi connectivity index (χ2n) is 5.65. The number of carbonyl (C=O) groups excluding carboxylic acids is 1. The number of ketones is 1. The summed E-state index contributed by atoms with van der Waals surface area (Å²) >= 11 is 0. The minimum atomic E-state index is 0. The van der Waals surface area contributed by atoms with Crippen molar-refractivity contribution in [1.29, 1.82) is 0 Å². The summed E-state index contributed by atoms with van der Waals surface area (Å²) in [5, 5.41) is 0. The Kier molecular flexibility index (Phi) is 5.37. The molecular formula is C17H20OY-2. The van der Waals surface area contributed by atoms with Gasteiger partial charge in [-0.15, -0.1) is 0 Å². The molecule has 0 aromatic heterocycles. The fraction of sp³-hybridized carbons (Fsp3) is 0.471. The van der Waals surface area contributed by atoms with Crippen LogP contribution >= 0.6 is 0 Å². The molecule has 0 heterocycles. The van der Waals surface area contributed by atoms with Crippen LogP contribution in [0, 0.1) is 18.8 Å². The monoisotopic (exact) mass is 329 g/mol. The van der Waals surface area contributed by atoms with Gasteiger partial charge in [0.25, 0.3) is 0 Å². The smallest absolute Gasteiger partial charge is 0.138 e. The second kappa shape index (κ2) is 6.63. The number of fused-ring (bicyclic) bond motifs is 3. The van der Waals surface area contributed by atoms with Gasteiger partial charge in [-0.3, -0.25) is 4.79 Å². The van der Waals surface area contributed by atoms with Gasteiger partial charge in [0.2, 0.25) is 0 Å². The zero-order valence-corrected chi connectivity index (χ0v) is 14.2. The van der Waals surface area contributed by atoms with Gasteiger partial charge in [0.05, 0.1) is 0 Å². The van der Waals surface area contributed by atoms with Crippen molar-refractivity contribution in [3.63, 3.8) is 0 Å². The molecule has 1 aromatic rings. The molecule has 1 saturated carbocycles. The molecule has 1 aromatic carbocycles. The number of carbonyl (C=O) groups is 1. The maximum Gasteiger partial charge on any atom is 0.138 e. The van der Waals surface area contributed by atoms with Gasteiger partial charge in [-0.05, 0) is 23.0 Å². The maximum absolute atomic E-state index is 12.3. The Morgan fingerprint density at radius 1 is 1.26 bits per heavy atom. The molecule has 0 amide bonds. The topological polar surface area (TPSA) is 17.1 Å². The summed E-state index contributed by atoms with van der Waals surface area (Å²) in [7, 11) is 0. The summed E-state index contributed by atoms with van der Waals surface area (Å²) in [5.74, 6) is 2.77. The van der Waals surface area contributed by atoms with Gasteiger partial charge in [-0.2, -0.15) is 12.8 Å². The van der Waals surface area contributed by atoms with Gasteiger partial charge in [0.15, 0.2) is 0 Å². The van der Waals surface area contributed by atoms with E-state index in [0.717, 1.165) is 25.7 Å². The van der Waals surface area contributed by atoms with Crippen molar-refractivity contribution < 1.29 is 37.5 Å². The van der Waals surface area contributed by atoms with Crippen LogP contribution in [0.5, 0.6) is 0 Å². The summed E-state index contributed by atoms with van der Waals surface area (Å²) in [5.41, 5.74) is 2.71. The Morgan fingerprint density at radius 3 is 2.84 bits per heavy atom. The van der Waals surface area contributed by atoms with Crippen LogP contribution in [0.15, 0.2) is 24.3 Å². The van der Waals surface area contributed by atoms with Crippen molar-refractivity contribution in [2.45, 2.75) is 44.4 Å². The Bertz CT molecular complexity index is 454. The van der Waals surface area contributed by atoms with E-state index in [0.29, 0.717) is 18.1 Å². The average molecular weight is 329 g/mol. The minimum Gasteiger partial charge on any atom is -0.346 e. The molecule has 3 rings (SSSR count). The number of rotatable bonds is 2. The molecule has 19 heavy (non-hydrogen) atoms. The van der Waals surface area contributed by atoms with E-state index in [2.05, 4.69) is 31.2 Å². The molecule has 0 aliphatic heterocycles. The number of benzene rings is 1. The first-order valence-corrected chi connectivity index (χ1v) is 7.03. The van der Waals surface area contributed by atoms with Crippen LogP contribution in [0.1, 0.15) is 49.1 Å². The van der Waals surface area contributed by atoms with Gasteiger partial charge in [-0.25, -0.2) is 12.8 Å². The number of hydrogen-bond acceptors (Lipinski definition) is 1. The maximum atomic E-state index is 12.3. The fourth-order valence-corrected chi connectivity index (χ4v) is 3.68. The second-order valence-corrected chi connectivity index (χ2v) is 5.65. The standard InChI is InChI=1S/C17H20O.Y/c1-2-5-12-8-9-15-14-7-4-3-6-13(14)11-17(18)16(15)10-12;/h3-4,6-7,15-16H,1-2,5,8-11H2;/q-2;. The van der Waals surface area contributed by atoms with Gasteiger partial charge in [0.1, 0.15) is 5.78 Å². The fourth-order valence-electron chi connectivity index (χ4n) is 3.68. The van der Waals surface area contributed by atoms with Crippen molar-refractivity contribution >= 4 is 5.78 Å². The van der Waals surface area contributed by atoms with Gasteiger partial charge in [0, 0.05) is 39.1 Å². The zero-order valence-electron chi connectivity index (χ0n) is 11.4. The summed E-state index contributed by atoms with van der Waals surface area (Å²) < 4.78 is 0.